The first kappa shape index (κ1) is 15.3. The van der Waals surface area contributed by atoms with Crippen molar-refractivity contribution in [3.63, 3.8) is 0 Å². The summed E-state index contributed by atoms with van der Waals surface area (Å²) in [6, 6.07) is 6.28. The van der Waals surface area contributed by atoms with Crippen molar-refractivity contribution in [3.8, 4) is 0 Å². The van der Waals surface area contributed by atoms with Crippen LogP contribution in [0.15, 0.2) is 29.4 Å². The van der Waals surface area contributed by atoms with Crippen molar-refractivity contribution in [2.45, 2.75) is 33.2 Å². The topological polar surface area (TPSA) is 66.6 Å². The third kappa shape index (κ3) is 3.93. The minimum atomic E-state index is 0.380. The third-order valence-electron chi connectivity index (χ3n) is 3.61. The van der Waals surface area contributed by atoms with Crippen LogP contribution in [0.3, 0.4) is 0 Å². The van der Waals surface area contributed by atoms with E-state index in [0.29, 0.717) is 12.0 Å². The van der Waals surface area contributed by atoms with Crippen LogP contribution < -0.4 is 10.6 Å². The van der Waals surface area contributed by atoms with Gasteiger partial charge in [0.1, 0.15) is 5.82 Å². The molecule has 0 bridgehead atoms. The Labute approximate surface area is 125 Å². The Morgan fingerprint density at radius 2 is 2.10 bits per heavy atom. The molecule has 2 rings (SSSR count). The van der Waals surface area contributed by atoms with E-state index in [1.165, 1.54) is 0 Å². The Morgan fingerprint density at radius 3 is 2.81 bits per heavy atom. The van der Waals surface area contributed by atoms with Gasteiger partial charge in [0.15, 0.2) is 11.6 Å². The first-order valence-corrected chi connectivity index (χ1v) is 7.37. The number of hydrogen-bond acceptors (Lipinski definition) is 3. The van der Waals surface area contributed by atoms with Crippen LogP contribution >= 0.6 is 0 Å². The van der Waals surface area contributed by atoms with Crippen LogP contribution in [0, 0.1) is 5.92 Å². The fourth-order valence-electron chi connectivity index (χ4n) is 1.93. The van der Waals surface area contributed by atoms with Gasteiger partial charge < -0.3 is 10.6 Å². The van der Waals surface area contributed by atoms with E-state index in [0.717, 1.165) is 30.4 Å². The highest BCUT2D eigenvalue weighted by Gasteiger charge is 2.09. The lowest BCUT2D eigenvalue weighted by Gasteiger charge is -2.20. The maximum atomic E-state index is 4.24. The molecule has 0 saturated heterocycles. The molecule has 114 valence electrons. The molecular formula is C15H24N6. The van der Waals surface area contributed by atoms with Crippen LogP contribution in [0.2, 0.25) is 0 Å². The van der Waals surface area contributed by atoms with E-state index in [2.05, 4.69) is 46.6 Å². The van der Waals surface area contributed by atoms with Crippen molar-refractivity contribution in [2.75, 3.05) is 13.6 Å². The SMILES string of the molecule is CN=C(NCCc1nnc2ccccn12)NC(C)C(C)C. The average Bonchev–Trinajstić information content (AvgIpc) is 2.89. The zero-order valence-corrected chi connectivity index (χ0v) is 13.2. The number of pyridine rings is 1. The molecule has 0 radical (unpaired) electrons. The summed E-state index contributed by atoms with van der Waals surface area (Å²) in [6.07, 6.45) is 2.78. The monoisotopic (exact) mass is 288 g/mol. The summed E-state index contributed by atoms with van der Waals surface area (Å²) in [6.45, 7) is 7.30. The molecule has 0 aliphatic heterocycles. The molecule has 0 saturated carbocycles. The molecule has 6 nitrogen and oxygen atoms in total. The van der Waals surface area contributed by atoms with Crippen molar-refractivity contribution in [2.24, 2.45) is 10.9 Å². The fourth-order valence-corrected chi connectivity index (χ4v) is 1.93. The summed E-state index contributed by atoms with van der Waals surface area (Å²) in [5.41, 5.74) is 0.878. The first-order valence-electron chi connectivity index (χ1n) is 7.37. The van der Waals surface area contributed by atoms with Crippen LogP contribution in [0.25, 0.3) is 5.65 Å². The minimum Gasteiger partial charge on any atom is -0.356 e. The summed E-state index contributed by atoms with van der Waals surface area (Å²) in [4.78, 5) is 4.24. The van der Waals surface area contributed by atoms with Gasteiger partial charge in [0.25, 0.3) is 0 Å². The second-order valence-corrected chi connectivity index (χ2v) is 5.47. The van der Waals surface area contributed by atoms with Crippen molar-refractivity contribution >= 4 is 11.6 Å². The number of aromatic nitrogens is 3. The van der Waals surface area contributed by atoms with E-state index in [4.69, 9.17) is 0 Å². The van der Waals surface area contributed by atoms with Gasteiger partial charge in [-0.05, 0) is 25.0 Å². The molecule has 2 aromatic heterocycles. The molecule has 0 fully saturated rings. The maximum Gasteiger partial charge on any atom is 0.191 e. The molecule has 2 aromatic rings. The summed E-state index contributed by atoms with van der Waals surface area (Å²) >= 11 is 0. The van der Waals surface area contributed by atoms with Crippen molar-refractivity contribution < 1.29 is 0 Å². The molecule has 0 aliphatic carbocycles. The molecule has 0 aliphatic rings. The van der Waals surface area contributed by atoms with Gasteiger partial charge >= 0.3 is 0 Å². The van der Waals surface area contributed by atoms with Crippen LogP contribution in [-0.4, -0.2) is 40.2 Å². The van der Waals surface area contributed by atoms with Gasteiger partial charge in [0.2, 0.25) is 0 Å². The summed E-state index contributed by atoms with van der Waals surface area (Å²) in [5.74, 6) is 2.33. The molecule has 1 atom stereocenters. The Bertz CT molecular complexity index is 601. The number of fused-ring (bicyclic) bond motifs is 1. The number of guanidine groups is 1. The second kappa shape index (κ2) is 7.06. The van der Waals surface area contributed by atoms with Gasteiger partial charge in [0.05, 0.1) is 0 Å². The lowest BCUT2D eigenvalue weighted by molar-refractivity contribution is 0.481. The van der Waals surface area contributed by atoms with Gasteiger partial charge in [-0.1, -0.05) is 19.9 Å². The van der Waals surface area contributed by atoms with Gasteiger partial charge in [-0.2, -0.15) is 0 Å². The normalized spacial score (nSPS) is 13.7. The van der Waals surface area contributed by atoms with Gasteiger partial charge in [-0.25, -0.2) is 0 Å². The molecule has 6 heteroatoms. The second-order valence-electron chi connectivity index (χ2n) is 5.47. The Hall–Kier alpha value is -2.11. The Morgan fingerprint density at radius 1 is 1.29 bits per heavy atom. The quantitative estimate of drug-likeness (QED) is 0.646. The van der Waals surface area contributed by atoms with Crippen molar-refractivity contribution in [1.29, 1.82) is 0 Å². The lowest BCUT2D eigenvalue weighted by atomic mass is 10.1. The number of aliphatic imine (C=N–C) groups is 1. The number of nitrogens with zero attached hydrogens (tertiary/aromatic N) is 4. The predicted octanol–water partition coefficient (Wildman–Crippen LogP) is 1.48. The number of nitrogens with one attached hydrogen (secondary N) is 2. The van der Waals surface area contributed by atoms with Gasteiger partial charge in [-0.15, -0.1) is 10.2 Å². The van der Waals surface area contributed by atoms with E-state index >= 15 is 0 Å². The highest BCUT2D eigenvalue weighted by molar-refractivity contribution is 5.79. The molecule has 2 heterocycles. The standard InChI is InChI=1S/C15H24N6/c1-11(2)12(3)18-15(16-4)17-9-8-14-20-19-13-7-5-6-10-21(13)14/h5-7,10-12H,8-9H2,1-4H3,(H2,16,17,18). The lowest BCUT2D eigenvalue weighted by Crippen LogP contribution is -2.44. The predicted molar refractivity (Wildman–Crippen MR) is 85.5 cm³/mol. The summed E-state index contributed by atoms with van der Waals surface area (Å²) in [5, 5.41) is 15.1. The first-order chi connectivity index (χ1) is 10.1. The molecule has 0 spiro atoms. The molecule has 21 heavy (non-hydrogen) atoms. The van der Waals surface area contributed by atoms with Gasteiger partial charge in [0, 0.05) is 32.3 Å². The molecule has 2 N–H and O–H groups in total. The van der Waals surface area contributed by atoms with E-state index < -0.39 is 0 Å². The van der Waals surface area contributed by atoms with Crippen LogP contribution in [0.4, 0.5) is 0 Å². The van der Waals surface area contributed by atoms with Crippen molar-refractivity contribution in [3.05, 3.63) is 30.2 Å². The summed E-state index contributed by atoms with van der Waals surface area (Å²) < 4.78 is 2.01. The van der Waals surface area contributed by atoms with E-state index in [-0.39, 0.29) is 0 Å². The zero-order valence-electron chi connectivity index (χ0n) is 13.2. The molecule has 1 unspecified atom stereocenters. The smallest absolute Gasteiger partial charge is 0.191 e. The number of hydrogen-bond donors (Lipinski definition) is 2. The van der Waals surface area contributed by atoms with E-state index in [9.17, 15) is 0 Å². The average molecular weight is 288 g/mol. The van der Waals surface area contributed by atoms with E-state index in [1.807, 2.05) is 28.8 Å². The Balaban J connectivity index is 1.88. The van der Waals surface area contributed by atoms with Crippen LogP contribution in [0.5, 0.6) is 0 Å². The van der Waals surface area contributed by atoms with Crippen LogP contribution in [0.1, 0.15) is 26.6 Å². The van der Waals surface area contributed by atoms with Crippen LogP contribution in [-0.2, 0) is 6.42 Å². The molecule has 0 amide bonds. The zero-order chi connectivity index (χ0) is 15.2. The van der Waals surface area contributed by atoms with Crippen molar-refractivity contribution in [1.82, 2.24) is 25.2 Å². The largest absolute Gasteiger partial charge is 0.356 e. The third-order valence-corrected chi connectivity index (χ3v) is 3.61. The minimum absolute atomic E-state index is 0.380. The molecular weight excluding hydrogens is 264 g/mol. The maximum absolute atomic E-state index is 4.24. The van der Waals surface area contributed by atoms with E-state index in [1.54, 1.807) is 7.05 Å². The highest BCUT2D eigenvalue weighted by Crippen LogP contribution is 2.03. The number of rotatable bonds is 5. The summed E-state index contributed by atoms with van der Waals surface area (Å²) in [7, 11) is 1.79. The highest BCUT2D eigenvalue weighted by atomic mass is 15.2. The van der Waals surface area contributed by atoms with Gasteiger partial charge in [-0.3, -0.25) is 9.39 Å². The fraction of sp³-hybridized carbons (Fsp3) is 0.533. The molecule has 0 aromatic carbocycles. The Kier molecular flexibility index (Phi) is 5.14.